The van der Waals surface area contributed by atoms with Gasteiger partial charge < -0.3 is 5.32 Å². The standard InChI is InChI=1S/C18H31N3/c1-4-16-7-6-11-21(12-10-16)14-18-9-5-8-17(20-18)13-19-15(2)3/h5,8-9,15-16,19H,4,6-7,10-14H2,1-3H3. The van der Waals surface area contributed by atoms with Crippen LogP contribution < -0.4 is 5.32 Å². The Kier molecular flexibility index (Phi) is 6.65. The number of nitrogens with zero attached hydrogens (tertiary/aromatic N) is 2. The zero-order chi connectivity index (χ0) is 15.1. The summed E-state index contributed by atoms with van der Waals surface area (Å²) >= 11 is 0. The van der Waals surface area contributed by atoms with Gasteiger partial charge in [-0.25, -0.2) is 0 Å². The van der Waals surface area contributed by atoms with Crippen molar-refractivity contribution in [1.82, 2.24) is 15.2 Å². The highest BCUT2D eigenvalue weighted by atomic mass is 15.1. The molecule has 1 aromatic heterocycles. The molecule has 0 spiro atoms. The highest BCUT2D eigenvalue weighted by Gasteiger charge is 2.16. The largest absolute Gasteiger partial charge is 0.309 e. The van der Waals surface area contributed by atoms with Crippen LogP contribution in [0.15, 0.2) is 18.2 Å². The first-order valence-electron chi connectivity index (χ1n) is 8.58. The molecular weight excluding hydrogens is 258 g/mol. The molecule has 0 aliphatic carbocycles. The third-order valence-electron chi connectivity index (χ3n) is 4.46. The molecule has 0 bridgehead atoms. The summed E-state index contributed by atoms with van der Waals surface area (Å²) in [5.74, 6) is 0.935. The normalized spacial score (nSPS) is 20.7. The second-order valence-corrected chi connectivity index (χ2v) is 6.64. The minimum absolute atomic E-state index is 0.507. The Morgan fingerprint density at radius 1 is 1.24 bits per heavy atom. The van der Waals surface area contributed by atoms with Crippen LogP contribution in [0, 0.1) is 5.92 Å². The second-order valence-electron chi connectivity index (χ2n) is 6.64. The molecule has 118 valence electrons. The minimum Gasteiger partial charge on any atom is -0.309 e. The number of rotatable bonds is 6. The Morgan fingerprint density at radius 2 is 2.05 bits per heavy atom. The van der Waals surface area contributed by atoms with Crippen LogP contribution >= 0.6 is 0 Å². The monoisotopic (exact) mass is 289 g/mol. The van der Waals surface area contributed by atoms with Crippen LogP contribution in [0.25, 0.3) is 0 Å². The van der Waals surface area contributed by atoms with Crippen molar-refractivity contribution >= 4 is 0 Å². The zero-order valence-electron chi connectivity index (χ0n) is 13.9. The third kappa shape index (κ3) is 5.76. The van der Waals surface area contributed by atoms with Gasteiger partial charge in [0.05, 0.1) is 11.4 Å². The molecule has 1 unspecified atom stereocenters. The Balaban J connectivity index is 1.88. The summed E-state index contributed by atoms with van der Waals surface area (Å²) in [4.78, 5) is 7.39. The van der Waals surface area contributed by atoms with E-state index in [4.69, 9.17) is 4.98 Å². The van der Waals surface area contributed by atoms with Crippen molar-refractivity contribution in [2.75, 3.05) is 13.1 Å². The maximum atomic E-state index is 4.80. The molecule has 1 N–H and O–H groups in total. The highest BCUT2D eigenvalue weighted by Crippen LogP contribution is 2.21. The fraction of sp³-hybridized carbons (Fsp3) is 0.722. The third-order valence-corrected chi connectivity index (χ3v) is 4.46. The summed E-state index contributed by atoms with van der Waals surface area (Å²) in [6.07, 6.45) is 5.43. The van der Waals surface area contributed by atoms with Gasteiger partial charge in [-0.15, -0.1) is 0 Å². The van der Waals surface area contributed by atoms with E-state index in [1.165, 1.54) is 44.5 Å². The van der Waals surface area contributed by atoms with Gasteiger partial charge in [0.25, 0.3) is 0 Å². The highest BCUT2D eigenvalue weighted by molar-refractivity contribution is 5.11. The first-order valence-corrected chi connectivity index (χ1v) is 8.58. The Hall–Kier alpha value is -0.930. The molecule has 1 aromatic rings. The summed E-state index contributed by atoms with van der Waals surface area (Å²) in [5.41, 5.74) is 2.37. The average Bonchev–Trinajstić information content (AvgIpc) is 2.71. The number of hydrogen-bond donors (Lipinski definition) is 1. The molecule has 1 aliphatic rings. The average molecular weight is 289 g/mol. The SMILES string of the molecule is CCC1CCCN(Cc2cccc(CNC(C)C)n2)CC1. The number of hydrogen-bond acceptors (Lipinski definition) is 3. The Labute approximate surface area is 130 Å². The van der Waals surface area contributed by atoms with E-state index in [9.17, 15) is 0 Å². The smallest absolute Gasteiger partial charge is 0.0547 e. The summed E-state index contributed by atoms with van der Waals surface area (Å²) in [5, 5.41) is 3.44. The van der Waals surface area contributed by atoms with Crippen LogP contribution in [0.4, 0.5) is 0 Å². The lowest BCUT2D eigenvalue weighted by molar-refractivity contribution is 0.268. The van der Waals surface area contributed by atoms with Crippen molar-refractivity contribution in [1.29, 1.82) is 0 Å². The summed E-state index contributed by atoms with van der Waals surface area (Å²) in [6.45, 7) is 11.0. The topological polar surface area (TPSA) is 28.2 Å². The van der Waals surface area contributed by atoms with Gasteiger partial charge in [0.1, 0.15) is 0 Å². The van der Waals surface area contributed by atoms with Gasteiger partial charge in [0.15, 0.2) is 0 Å². The van der Waals surface area contributed by atoms with Crippen molar-refractivity contribution in [2.24, 2.45) is 5.92 Å². The van der Waals surface area contributed by atoms with E-state index in [1.807, 2.05) is 0 Å². The van der Waals surface area contributed by atoms with Crippen LogP contribution in [-0.4, -0.2) is 29.0 Å². The second kappa shape index (κ2) is 8.50. The van der Waals surface area contributed by atoms with Gasteiger partial charge in [-0.05, 0) is 50.4 Å². The van der Waals surface area contributed by atoms with Crippen molar-refractivity contribution < 1.29 is 0 Å². The van der Waals surface area contributed by atoms with Crippen LogP contribution in [0.2, 0.25) is 0 Å². The molecule has 21 heavy (non-hydrogen) atoms. The van der Waals surface area contributed by atoms with Crippen molar-refractivity contribution in [3.05, 3.63) is 29.6 Å². The van der Waals surface area contributed by atoms with Crippen LogP contribution in [0.1, 0.15) is 57.8 Å². The number of nitrogens with one attached hydrogen (secondary N) is 1. The van der Waals surface area contributed by atoms with E-state index < -0.39 is 0 Å². The predicted molar refractivity (Wildman–Crippen MR) is 89.1 cm³/mol. The fourth-order valence-corrected chi connectivity index (χ4v) is 3.04. The summed E-state index contributed by atoms with van der Waals surface area (Å²) in [7, 11) is 0. The molecule has 0 amide bonds. The minimum atomic E-state index is 0.507. The number of pyridine rings is 1. The molecule has 0 aromatic carbocycles. The Bertz CT molecular complexity index is 417. The lowest BCUT2D eigenvalue weighted by atomic mass is 9.98. The van der Waals surface area contributed by atoms with Crippen molar-refractivity contribution in [3.63, 3.8) is 0 Å². The maximum absolute atomic E-state index is 4.80. The van der Waals surface area contributed by atoms with E-state index in [-0.39, 0.29) is 0 Å². The summed E-state index contributed by atoms with van der Waals surface area (Å²) in [6, 6.07) is 6.94. The molecule has 0 radical (unpaired) electrons. The molecule has 3 nitrogen and oxygen atoms in total. The van der Waals surface area contributed by atoms with Gasteiger partial charge >= 0.3 is 0 Å². The molecule has 1 atom stereocenters. The van der Waals surface area contributed by atoms with Gasteiger partial charge in [-0.3, -0.25) is 9.88 Å². The molecular formula is C18H31N3. The van der Waals surface area contributed by atoms with E-state index in [1.54, 1.807) is 0 Å². The first kappa shape index (κ1) is 16.4. The number of likely N-dealkylation sites (tertiary alicyclic amines) is 1. The van der Waals surface area contributed by atoms with Crippen molar-refractivity contribution in [3.8, 4) is 0 Å². The molecule has 3 heteroatoms. The molecule has 1 aliphatic heterocycles. The molecule has 0 saturated carbocycles. The van der Waals surface area contributed by atoms with Gasteiger partial charge in [0, 0.05) is 19.1 Å². The molecule has 1 fully saturated rings. The Morgan fingerprint density at radius 3 is 2.81 bits per heavy atom. The number of aromatic nitrogens is 1. The summed E-state index contributed by atoms with van der Waals surface area (Å²) < 4.78 is 0. The van der Waals surface area contributed by atoms with Gasteiger partial charge in [0.2, 0.25) is 0 Å². The maximum Gasteiger partial charge on any atom is 0.0547 e. The van der Waals surface area contributed by atoms with Crippen LogP contribution in [0.3, 0.4) is 0 Å². The lowest BCUT2D eigenvalue weighted by Gasteiger charge is -2.20. The van der Waals surface area contributed by atoms with Crippen LogP contribution in [-0.2, 0) is 13.1 Å². The van der Waals surface area contributed by atoms with Gasteiger partial charge in [-0.2, -0.15) is 0 Å². The first-order chi connectivity index (χ1) is 10.2. The molecule has 1 saturated heterocycles. The fourth-order valence-electron chi connectivity index (χ4n) is 3.04. The van der Waals surface area contributed by atoms with Gasteiger partial charge in [-0.1, -0.05) is 33.3 Å². The van der Waals surface area contributed by atoms with E-state index >= 15 is 0 Å². The zero-order valence-corrected chi connectivity index (χ0v) is 13.9. The quantitative estimate of drug-likeness (QED) is 0.867. The van der Waals surface area contributed by atoms with Crippen LogP contribution in [0.5, 0.6) is 0 Å². The molecule has 2 rings (SSSR count). The van der Waals surface area contributed by atoms with E-state index in [2.05, 4.69) is 49.2 Å². The predicted octanol–water partition coefficient (Wildman–Crippen LogP) is 3.59. The van der Waals surface area contributed by atoms with E-state index in [0.717, 1.165) is 24.7 Å². The molecule has 2 heterocycles. The van der Waals surface area contributed by atoms with Crippen molar-refractivity contribution in [2.45, 2.75) is 65.6 Å². The lowest BCUT2D eigenvalue weighted by Crippen LogP contribution is -2.26. The van der Waals surface area contributed by atoms with E-state index in [0.29, 0.717) is 6.04 Å².